The predicted molar refractivity (Wildman–Crippen MR) is 166 cm³/mol. The minimum absolute atomic E-state index is 0. The van der Waals surface area contributed by atoms with E-state index in [1.54, 1.807) is 6.20 Å². The summed E-state index contributed by atoms with van der Waals surface area (Å²) < 4.78 is 0. The summed E-state index contributed by atoms with van der Waals surface area (Å²) in [5.41, 5.74) is 10.2. The molecule has 6 aromatic rings. The first-order valence-corrected chi connectivity index (χ1v) is 13.7. The number of rotatable bonds is 6. The monoisotopic (exact) mass is 709 g/mol. The Kier molecular flexibility index (Phi) is 10.9. The molecule has 6 rings (SSSR count). The van der Waals surface area contributed by atoms with Crippen molar-refractivity contribution in [3.05, 3.63) is 157 Å². The fourth-order valence-electron chi connectivity index (χ4n) is 4.61. The molecule has 0 aliphatic rings. The number of nitrogens with zero attached hydrogens (tertiary/aromatic N) is 2. The van der Waals surface area contributed by atoms with Crippen LogP contribution in [0.1, 0.15) is 19.4 Å². The van der Waals surface area contributed by atoms with Crippen molar-refractivity contribution in [3.8, 4) is 44.8 Å². The number of hydrogen-bond donors (Lipinski definition) is 0. The second-order valence-electron chi connectivity index (χ2n) is 10.1. The van der Waals surface area contributed by atoms with Crippen LogP contribution in [0.5, 0.6) is 0 Å². The van der Waals surface area contributed by atoms with E-state index in [2.05, 4.69) is 96.6 Å². The Hall–Kier alpha value is -4.17. The number of aromatic nitrogens is 2. The van der Waals surface area contributed by atoms with Gasteiger partial charge >= 0.3 is 0 Å². The molecular formula is C38H32IrN2-2. The summed E-state index contributed by atoms with van der Waals surface area (Å²) >= 11 is 0. The summed E-state index contributed by atoms with van der Waals surface area (Å²) in [6.45, 7) is 4.51. The van der Waals surface area contributed by atoms with Gasteiger partial charge in [0.25, 0.3) is 0 Å². The van der Waals surface area contributed by atoms with Gasteiger partial charge in [0.05, 0.1) is 0 Å². The molecule has 4 aromatic carbocycles. The van der Waals surface area contributed by atoms with Gasteiger partial charge in [-0.2, -0.15) is 0 Å². The van der Waals surface area contributed by atoms with Crippen LogP contribution in [0, 0.1) is 18.1 Å². The van der Waals surface area contributed by atoms with E-state index < -0.39 is 0 Å². The van der Waals surface area contributed by atoms with Crippen LogP contribution in [0.2, 0.25) is 0 Å². The second kappa shape index (κ2) is 15.0. The van der Waals surface area contributed by atoms with Crippen LogP contribution in [0.4, 0.5) is 0 Å². The standard InChI is InChI=1S/C21H20N.C17H12N.Ir/c1-16(2)13-17-7-5-8-18(14-17)19-9-6-10-20(15-19)21-11-3-4-12-22-21;1-2-7-14(8-3-1)15-9-6-10-16(13-15)17-11-4-5-12-18-17;/h3-9,11-12,14-16H,13H2,1-2H3;1-9,11-13H;/q2*-1;. The fourth-order valence-corrected chi connectivity index (χ4v) is 4.61. The van der Waals surface area contributed by atoms with Crippen molar-refractivity contribution in [1.29, 1.82) is 0 Å². The van der Waals surface area contributed by atoms with Crippen molar-refractivity contribution < 1.29 is 20.1 Å². The van der Waals surface area contributed by atoms with Crippen LogP contribution >= 0.6 is 0 Å². The molecule has 0 aliphatic heterocycles. The molecule has 0 aliphatic carbocycles. The quantitative estimate of drug-likeness (QED) is 0.161. The van der Waals surface area contributed by atoms with E-state index in [0.717, 1.165) is 28.9 Å². The topological polar surface area (TPSA) is 25.8 Å². The van der Waals surface area contributed by atoms with Gasteiger partial charge in [-0.05, 0) is 52.5 Å². The zero-order valence-electron chi connectivity index (χ0n) is 23.3. The van der Waals surface area contributed by atoms with Gasteiger partial charge in [0.2, 0.25) is 0 Å². The largest absolute Gasteiger partial charge is 0.305 e. The van der Waals surface area contributed by atoms with Crippen LogP contribution in [-0.2, 0) is 26.5 Å². The molecule has 0 amide bonds. The Morgan fingerprint density at radius 1 is 0.537 bits per heavy atom. The van der Waals surface area contributed by atoms with Gasteiger partial charge in [0.15, 0.2) is 0 Å². The van der Waals surface area contributed by atoms with Crippen LogP contribution < -0.4 is 0 Å². The van der Waals surface area contributed by atoms with Crippen molar-refractivity contribution in [2.24, 2.45) is 5.92 Å². The SMILES string of the molecule is CC(C)Cc1cccc(-c2cc[c-]c(-c3ccccn3)c2)c1.[Ir].[c-]1ccc(-c2ccccc2)cc1-c1ccccn1. The Morgan fingerprint density at radius 3 is 1.59 bits per heavy atom. The van der Waals surface area contributed by atoms with E-state index in [0.29, 0.717) is 5.92 Å². The maximum Gasteiger partial charge on any atom is 0.0160 e. The summed E-state index contributed by atoms with van der Waals surface area (Å²) in [5, 5.41) is 0. The molecule has 205 valence electrons. The zero-order chi connectivity index (χ0) is 27.6. The molecule has 2 heterocycles. The van der Waals surface area contributed by atoms with E-state index in [4.69, 9.17) is 0 Å². The first kappa shape index (κ1) is 29.8. The van der Waals surface area contributed by atoms with Crippen molar-refractivity contribution in [1.82, 2.24) is 9.97 Å². The molecule has 41 heavy (non-hydrogen) atoms. The average molecular weight is 709 g/mol. The van der Waals surface area contributed by atoms with Crippen LogP contribution in [0.3, 0.4) is 0 Å². The van der Waals surface area contributed by atoms with Gasteiger partial charge in [-0.25, -0.2) is 0 Å². The van der Waals surface area contributed by atoms with E-state index >= 15 is 0 Å². The van der Waals surface area contributed by atoms with Crippen LogP contribution in [0.15, 0.2) is 140 Å². The maximum atomic E-state index is 4.41. The van der Waals surface area contributed by atoms with Gasteiger partial charge in [0, 0.05) is 32.5 Å². The molecule has 2 nitrogen and oxygen atoms in total. The Morgan fingerprint density at radius 2 is 1.05 bits per heavy atom. The van der Waals surface area contributed by atoms with Crippen molar-refractivity contribution >= 4 is 0 Å². The van der Waals surface area contributed by atoms with Gasteiger partial charge in [-0.1, -0.05) is 92.7 Å². The minimum atomic E-state index is 0. The van der Waals surface area contributed by atoms with Crippen LogP contribution in [0.25, 0.3) is 44.8 Å². The normalized spacial score (nSPS) is 10.3. The molecular weight excluding hydrogens is 677 g/mol. The first-order valence-electron chi connectivity index (χ1n) is 13.7. The number of hydrogen-bond acceptors (Lipinski definition) is 2. The summed E-state index contributed by atoms with van der Waals surface area (Å²) in [4.78, 5) is 8.76. The fraction of sp³-hybridized carbons (Fsp3) is 0.105. The molecule has 3 heteroatoms. The molecule has 0 atom stereocenters. The summed E-state index contributed by atoms with van der Waals surface area (Å²) in [6.07, 6.45) is 4.73. The number of benzene rings is 4. The van der Waals surface area contributed by atoms with E-state index in [1.165, 1.54) is 27.8 Å². The second-order valence-corrected chi connectivity index (χ2v) is 10.1. The molecule has 0 unspecified atom stereocenters. The molecule has 2 aromatic heterocycles. The zero-order valence-corrected chi connectivity index (χ0v) is 25.7. The van der Waals surface area contributed by atoms with Gasteiger partial charge in [-0.3, -0.25) is 0 Å². The molecule has 0 saturated carbocycles. The third kappa shape index (κ3) is 8.41. The Labute approximate surface area is 257 Å². The molecule has 0 fully saturated rings. The molecule has 1 radical (unpaired) electrons. The smallest absolute Gasteiger partial charge is 0.0160 e. The van der Waals surface area contributed by atoms with Crippen molar-refractivity contribution in [3.63, 3.8) is 0 Å². The van der Waals surface area contributed by atoms with Gasteiger partial charge in [0.1, 0.15) is 0 Å². The summed E-state index contributed by atoms with van der Waals surface area (Å²) in [5.74, 6) is 0.670. The molecule has 0 N–H and O–H groups in total. The maximum absolute atomic E-state index is 4.41. The van der Waals surface area contributed by atoms with Crippen LogP contribution in [-0.4, -0.2) is 9.97 Å². The number of pyridine rings is 2. The first-order chi connectivity index (χ1) is 19.7. The molecule has 0 bridgehead atoms. The minimum Gasteiger partial charge on any atom is -0.305 e. The molecule has 0 saturated heterocycles. The summed E-state index contributed by atoms with van der Waals surface area (Å²) in [6, 6.07) is 49.9. The third-order valence-corrected chi connectivity index (χ3v) is 6.50. The Balaban J connectivity index is 0.000000188. The summed E-state index contributed by atoms with van der Waals surface area (Å²) in [7, 11) is 0. The van der Waals surface area contributed by atoms with Crippen molar-refractivity contribution in [2.45, 2.75) is 20.3 Å². The van der Waals surface area contributed by atoms with Gasteiger partial charge in [-0.15, -0.1) is 70.8 Å². The molecule has 0 spiro atoms. The van der Waals surface area contributed by atoms with E-state index in [1.807, 2.05) is 72.9 Å². The Bertz CT molecular complexity index is 1580. The van der Waals surface area contributed by atoms with E-state index in [9.17, 15) is 0 Å². The predicted octanol–water partition coefficient (Wildman–Crippen LogP) is 9.63. The average Bonchev–Trinajstić information content (AvgIpc) is 3.03. The third-order valence-electron chi connectivity index (χ3n) is 6.50. The van der Waals surface area contributed by atoms with Gasteiger partial charge < -0.3 is 9.97 Å². The van der Waals surface area contributed by atoms with E-state index in [-0.39, 0.29) is 20.1 Å². The van der Waals surface area contributed by atoms with Crippen molar-refractivity contribution in [2.75, 3.05) is 0 Å².